The van der Waals surface area contributed by atoms with Crippen LogP contribution in [0, 0.1) is 5.92 Å². The molecule has 138 valence electrons. The number of hydrogen-bond acceptors (Lipinski definition) is 2. The van der Waals surface area contributed by atoms with Crippen molar-refractivity contribution >= 4 is 23.4 Å². The van der Waals surface area contributed by atoms with E-state index in [4.69, 9.17) is 11.6 Å². The minimum Gasteiger partial charge on any atom is -0.352 e. The maximum atomic E-state index is 12.2. The van der Waals surface area contributed by atoms with Crippen LogP contribution >= 0.6 is 11.6 Å². The number of halogens is 1. The molecule has 2 N–H and O–H groups in total. The molecule has 0 bridgehead atoms. The van der Waals surface area contributed by atoms with Gasteiger partial charge in [-0.1, -0.05) is 37.6 Å². The number of amides is 2. The van der Waals surface area contributed by atoms with Gasteiger partial charge in [-0.25, -0.2) is 0 Å². The van der Waals surface area contributed by atoms with E-state index in [-0.39, 0.29) is 11.8 Å². The van der Waals surface area contributed by atoms with Gasteiger partial charge in [0.25, 0.3) is 11.8 Å². The second-order valence-electron chi connectivity index (χ2n) is 6.65. The summed E-state index contributed by atoms with van der Waals surface area (Å²) in [4.78, 5) is 24.2. The van der Waals surface area contributed by atoms with Gasteiger partial charge in [-0.2, -0.15) is 0 Å². The zero-order valence-corrected chi connectivity index (χ0v) is 16.0. The van der Waals surface area contributed by atoms with Crippen molar-refractivity contribution in [3.05, 3.63) is 70.2 Å². The summed E-state index contributed by atoms with van der Waals surface area (Å²) in [7, 11) is 0. The van der Waals surface area contributed by atoms with Crippen molar-refractivity contribution in [2.75, 3.05) is 13.1 Å². The van der Waals surface area contributed by atoms with Gasteiger partial charge in [-0.15, -0.1) is 0 Å². The third-order valence-electron chi connectivity index (χ3n) is 4.03. The van der Waals surface area contributed by atoms with Crippen molar-refractivity contribution in [2.45, 2.75) is 26.7 Å². The molecule has 26 heavy (non-hydrogen) atoms. The molecule has 2 rings (SSSR count). The molecule has 0 saturated heterocycles. The second kappa shape index (κ2) is 9.97. The maximum Gasteiger partial charge on any atom is 0.251 e. The van der Waals surface area contributed by atoms with Gasteiger partial charge in [0.15, 0.2) is 0 Å². The van der Waals surface area contributed by atoms with Crippen molar-refractivity contribution in [2.24, 2.45) is 5.92 Å². The van der Waals surface area contributed by atoms with Gasteiger partial charge in [-0.3, -0.25) is 9.59 Å². The van der Waals surface area contributed by atoms with Crippen LogP contribution in [0.2, 0.25) is 5.02 Å². The number of carbonyl (C=O) groups is 2. The van der Waals surface area contributed by atoms with E-state index in [9.17, 15) is 9.59 Å². The maximum absolute atomic E-state index is 12.2. The summed E-state index contributed by atoms with van der Waals surface area (Å²) in [6, 6.07) is 14.3. The predicted octanol–water partition coefficient (Wildman–Crippen LogP) is 4.09. The first kappa shape index (κ1) is 20.0. The van der Waals surface area contributed by atoms with Crippen LogP contribution in [0.3, 0.4) is 0 Å². The van der Waals surface area contributed by atoms with Crippen LogP contribution in [0.15, 0.2) is 48.5 Å². The van der Waals surface area contributed by atoms with E-state index < -0.39 is 0 Å². The van der Waals surface area contributed by atoms with Gasteiger partial charge < -0.3 is 10.6 Å². The third kappa shape index (κ3) is 6.52. The Bertz CT molecular complexity index is 725. The van der Waals surface area contributed by atoms with Crippen LogP contribution in [0.1, 0.15) is 46.5 Å². The summed E-state index contributed by atoms with van der Waals surface area (Å²) in [6.45, 7) is 5.43. The Balaban J connectivity index is 1.80. The van der Waals surface area contributed by atoms with Crippen molar-refractivity contribution in [3.8, 4) is 0 Å². The fraction of sp³-hybridized carbons (Fsp3) is 0.333. The summed E-state index contributed by atoms with van der Waals surface area (Å²) in [5, 5.41) is 6.47. The zero-order chi connectivity index (χ0) is 18.9. The van der Waals surface area contributed by atoms with Crippen molar-refractivity contribution < 1.29 is 9.59 Å². The quantitative estimate of drug-likeness (QED) is 0.733. The molecule has 0 heterocycles. The van der Waals surface area contributed by atoms with Gasteiger partial charge >= 0.3 is 0 Å². The lowest BCUT2D eigenvalue weighted by molar-refractivity contribution is 0.0941. The van der Waals surface area contributed by atoms with Gasteiger partial charge in [0.1, 0.15) is 0 Å². The SMILES string of the molecule is CC(C)CCNC(=O)c1ccc(C(=O)NCCc2ccc(Cl)cc2)cc1. The lowest BCUT2D eigenvalue weighted by atomic mass is 10.1. The van der Waals surface area contributed by atoms with Crippen molar-refractivity contribution in [3.63, 3.8) is 0 Å². The minimum absolute atomic E-state index is 0.111. The number of hydrogen-bond donors (Lipinski definition) is 2. The molecule has 4 nitrogen and oxygen atoms in total. The summed E-state index contributed by atoms with van der Waals surface area (Å²) in [5.74, 6) is 0.292. The van der Waals surface area contributed by atoms with E-state index in [1.165, 1.54) is 0 Å². The number of benzene rings is 2. The normalized spacial score (nSPS) is 10.6. The molecule has 0 atom stereocenters. The molecule has 2 aromatic carbocycles. The van der Waals surface area contributed by atoms with E-state index in [0.29, 0.717) is 35.2 Å². The van der Waals surface area contributed by atoms with Crippen molar-refractivity contribution in [1.82, 2.24) is 10.6 Å². The Morgan fingerprint density at radius 2 is 1.35 bits per heavy atom. The van der Waals surface area contributed by atoms with E-state index in [2.05, 4.69) is 24.5 Å². The van der Waals surface area contributed by atoms with Crippen LogP contribution in [-0.2, 0) is 6.42 Å². The Morgan fingerprint density at radius 3 is 1.85 bits per heavy atom. The summed E-state index contributed by atoms with van der Waals surface area (Å²) >= 11 is 5.85. The minimum atomic E-state index is -0.147. The van der Waals surface area contributed by atoms with E-state index >= 15 is 0 Å². The molecule has 0 aliphatic heterocycles. The van der Waals surface area contributed by atoms with Gasteiger partial charge in [0.2, 0.25) is 0 Å². The number of carbonyl (C=O) groups excluding carboxylic acids is 2. The average molecular weight is 373 g/mol. The molecule has 0 aliphatic carbocycles. The number of rotatable bonds is 8. The Labute approximate surface area is 159 Å². The fourth-order valence-electron chi connectivity index (χ4n) is 2.42. The molecule has 0 unspecified atom stereocenters. The van der Waals surface area contributed by atoms with E-state index in [1.54, 1.807) is 24.3 Å². The van der Waals surface area contributed by atoms with Crippen molar-refractivity contribution in [1.29, 1.82) is 0 Å². The van der Waals surface area contributed by atoms with E-state index in [1.807, 2.05) is 24.3 Å². The highest BCUT2D eigenvalue weighted by molar-refractivity contribution is 6.30. The Hall–Kier alpha value is -2.33. The highest BCUT2D eigenvalue weighted by Crippen LogP contribution is 2.10. The Morgan fingerprint density at radius 1 is 0.846 bits per heavy atom. The average Bonchev–Trinajstić information content (AvgIpc) is 2.63. The molecule has 2 aromatic rings. The first-order chi connectivity index (χ1) is 12.5. The van der Waals surface area contributed by atoms with Gasteiger partial charge in [0.05, 0.1) is 0 Å². The topological polar surface area (TPSA) is 58.2 Å². The number of nitrogens with one attached hydrogen (secondary N) is 2. The molecule has 0 saturated carbocycles. The van der Waals surface area contributed by atoms with E-state index in [0.717, 1.165) is 18.4 Å². The van der Waals surface area contributed by atoms with Gasteiger partial charge in [-0.05, 0) is 60.7 Å². The summed E-state index contributed by atoms with van der Waals surface area (Å²) < 4.78 is 0. The standard InChI is InChI=1S/C21H25ClN2O2/c1-15(2)11-13-23-20(25)17-5-7-18(8-6-17)21(26)24-14-12-16-3-9-19(22)10-4-16/h3-10,15H,11-14H2,1-2H3,(H,23,25)(H,24,26). The molecule has 0 radical (unpaired) electrons. The third-order valence-corrected chi connectivity index (χ3v) is 4.28. The fourth-order valence-corrected chi connectivity index (χ4v) is 2.55. The smallest absolute Gasteiger partial charge is 0.251 e. The highest BCUT2D eigenvalue weighted by atomic mass is 35.5. The molecule has 0 spiro atoms. The molecular weight excluding hydrogens is 348 g/mol. The second-order valence-corrected chi connectivity index (χ2v) is 7.08. The lowest BCUT2D eigenvalue weighted by Crippen LogP contribution is -2.27. The van der Waals surface area contributed by atoms with Crippen LogP contribution in [0.5, 0.6) is 0 Å². The summed E-state index contributed by atoms with van der Waals surface area (Å²) in [5.41, 5.74) is 2.22. The molecule has 0 aliphatic rings. The first-order valence-electron chi connectivity index (χ1n) is 8.86. The molecule has 0 aromatic heterocycles. The zero-order valence-electron chi connectivity index (χ0n) is 15.2. The monoisotopic (exact) mass is 372 g/mol. The molecule has 0 fully saturated rings. The molecule has 2 amide bonds. The van der Waals surface area contributed by atoms with Crippen LogP contribution < -0.4 is 10.6 Å². The highest BCUT2D eigenvalue weighted by Gasteiger charge is 2.09. The van der Waals surface area contributed by atoms with Crippen LogP contribution in [0.4, 0.5) is 0 Å². The van der Waals surface area contributed by atoms with Crippen LogP contribution in [0.25, 0.3) is 0 Å². The lowest BCUT2D eigenvalue weighted by Gasteiger charge is -2.08. The Kier molecular flexibility index (Phi) is 7.67. The largest absolute Gasteiger partial charge is 0.352 e. The first-order valence-corrected chi connectivity index (χ1v) is 9.24. The molecule has 5 heteroatoms. The van der Waals surface area contributed by atoms with Crippen LogP contribution in [-0.4, -0.2) is 24.9 Å². The molecular formula is C21H25ClN2O2. The predicted molar refractivity (Wildman–Crippen MR) is 106 cm³/mol. The summed E-state index contributed by atoms with van der Waals surface area (Å²) in [6.07, 6.45) is 1.68. The van der Waals surface area contributed by atoms with Gasteiger partial charge in [0, 0.05) is 29.2 Å².